The summed E-state index contributed by atoms with van der Waals surface area (Å²) in [4.78, 5) is 11.4. The zero-order valence-electron chi connectivity index (χ0n) is 13.9. The van der Waals surface area contributed by atoms with Crippen molar-refractivity contribution >= 4 is 17.5 Å². The fourth-order valence-corrected chi connectivity index (χ4v) is 2.55. The van der Waals surface area contributed by atoms with Crippen LogP contribution in [0.25, 0.3) is 0 Å². The number of carbonyl (C=O) groups excluding carboxylic acids is 1. The summed E-state index contributed by atoms with van der Waals surface area (Å²) in [6, 6.07) is 14.9. The number of rotatable bonds is 8. The van der Waals surface area contributed by atoms with Crippen molar-refractivity contribution < 1.29 is 14.3 Å². The second-order valence-corrected chi connectivity index (χ2v) is 5.74. The molecule has 0 heterocycles. The number of methoxy groups -OCH3 is 1. The molecular formula is C19H19ClN2O3. The van der Waals surface area contributed by atoms with E-state index in [0.717, 1.165) is 11.1 Å². The van der Waals surface area contributed by atoms with Crippen LogP contribution in [0.1, 0.15) is 17.5 Å². The second kappa shape index (κ2) is 9.55. The van der Waals surface area contributed by atoms with E-state index < -0.39 is 0 Å². The lowest BCUT2D eigenvalue weighted by Gasteiger charge is -2.15. The smallest absolute Gasteiger partial charge is 0.234 e. The number of amides is 1. The first-order valence-electron chi connectivity index (χ1n) is 7.81. The highest BCUT2D eigenvalue weighted by Gasteiger charge is 2.11. The first kappa shape index (κ1) is 18.6. The molecule has 0 aliphatic rings. The molecule has 2 aromatic rings. The summed E-state index contributed by atoms with van der Waals surface area (Å²) in [7, 11) is 1.58. The number of halogens is 1. The molecule has 1 amide bonds. The summed E-state index contributed by atoms with van der Waals surface area (Å²) < 4.78 is 11.3. The third-order valence-corrected chi connectivity index (χ3v) is 3.74. The molecule has 0 saturated heterocycles. The number of ether oxygens (including phenoxy) is 2. The van der Waals surface area contributed by atoms with Gasteiger partial charge in [-0.2, -0.15) is 5.26 Å². The van der Waals surface area contributed by atoms with Gasteiger partial charge in [0.05, 0.1) is 13.2 Å². The van der Waals surface area contributed by atoms with Gasteiger partial charge >= 0.3 is 0 Å². The van der Waals surface area contributed by atoms with Gasteiger partial charge in [0.15, 0.2) is 11.5 Å². The topological polar surface area (TPSA) is 71.3 Å². The molecule has 130 valence electrons. The first-order chi connectivity index (χ1) is 12.1. The Kier molecular flexibility index (Phi) is 7.12. The predicted octanol–water partition coefficient (Wildman–Crippen LogP) is 3.50. The van der Waals surface area contributed by atoms with Crippen LogP contribution in [0.5, 0.6) is 11.5 Å². The lowest BCUT2D eigenvalue weighted by atomic mass is 10.1. The summed E-state index contributed by atoms with van der Waals surface area (Å²) in [6.07, 6.45) is 0.426. The van der Waals surface area contributed by atoms with Crippen molar-refractivity contribution in [3.63, 3.8) is 0 Å². The summed E-state index contributed by atoms with van der Waals surface area (Å²) >= 11 is 6.00. The zero-order valence-corrected chi connectivity index (χ0v) is 14.7. The van der Waals surface area contributed by atoms with Crippen molar-refractivity contribution in [2.75, 3.05) is 13.7 Å². The average molecular weight is 359 g/mol. The lowest BCUT2D eigenvalue weighted by molar-refractivity contribution is -0.120. The Morgan fingerprint density at radius 3 is 2.80 bits per heavy atom. The van der Waals surface area contributed by atoms with Gasteiger partial charge in [0.2, 0.25) is 5.91 Å². The van der Waals surface area contributed by atoms with E-state index in [0.29, 0.717) is 36.1 Å². The number of carbonyl (C=O) groups is 1. The zero-order chi connectivity index (χ0) is 18.1. The Morgan fingerprint density at radius 2 is 2.08 bits per heavy atom. The van der Waals surface area contributed by atoms with Gasteiger partial charge in [0.25, 0.3) is 0 Å². The molecule has 0 aliphatic carbocycles. The van der Waals surface area contributed by atoms with Gasteiger partial charge in [-0.15, -0.1) is 0 Å². The minimum absolute atomic E-state index is 0.143. The maximum absolute atomic E-state index is 11.4. The van der Waals surface area contributed by atoms with Crippen LogP contribution in [0.15, 0.2) is 42.5 Å². The molecule has 2 rings (SSSR count). The molecule has 0 radical (unpaired) electrons. The van der Waals surface area contributed by atoms with E-state index in [-0.39, 0.29) is 12.3 Å². The first-order valence-corrected chi connectivity index (χ1v) is 8.18. The number of nitriles is 1. The largest absolute Gasteiger partial charge is 0.493 e. The van der Waals surface area contributed by atoms with E-state index in [1.165, 1.54) is 0 Å². The number of nitrogens with zero attached hydrogens (tertiary/aromatic N) is 1. The molecule has 5 nitrogen and oxygen atoms in total. The van der Waals surface area contributed by atoms with Gasteiger partial charge in [-0.25, -0.2) is 0 Å². The summed E-state index contributed by atoms with van der Waals surface area (Å²) in [5, 5.41) is 11.9. The SMILES string of the molecule is COc1cccc(CCNC(=O)CC#N)c1OCc1cccc(Cl)c1. The fraction of sp³-hybridized carbons (Fsp3) is 0.263. The third-order valence-electron chi connectivity index (χ3n) is 3.51. The quantitative estimate of drug-likeness (QED) is 0.784. The number of hydrogen-bond donors (Lipinski definition) is 1. The van der Waals surface area contributed by atoms with E-state index in [4.69, 9.17) is 26.3 Å². The number of benzene rings is 2. The molecule has 0 spiro atoms. The Balaban J connectivity index is 2.07. The van der Waals surface area contributed by atoms with Crippen molar-refractivity contribution in [1.29, 1.82) is 5.26 Å². The van der Waals surface area contributed by atoms with E-state index in [9.17, 15) is 4.79 Å². The van der Waals surface area contributed by atoms with Crippen LogP contribution in [0.3, 0.4) is 0 Å². The normalized spacial score (nSPS) is 9.96. The fourth-order valence-electron chi connectivity index (χ4n) is 2.34. The van der Waals surface area contributed by atoms with Gasteiger partial charge in [-0.3, -0.25) is 4.79 Å². The van der Waals surface area contributed by atoms with Crippen LogP contribution in [-0.4, -0.2) is 19.6 Å². The molecule has 0 aliphatic heterocycles. The highest BCUT2D eigenvalue weighted by atomic mass is 35.5. The highest BCUT2D eigenvalue weighted by Crippen LogP contribution is 2.32. The number of nitrogens with one attached hydrogen (secondary N) is 1. The molecule has 0 unspecified atom stereocenters. The molecule has 0 fully saturated rings. The van der Waals surface area contributed by atoms with Crippen molar-refractivity contribution in [3.05, 3.63) is 58.6 Å². The molecule has 0 bridgehead atoms. The van der Waals surface area contributed by atoms with E-state index in [2.05, 4.69) is 5.32 Å². The van der Waals surface area contributed by atoms with Gasteiger partial charge in [0, 0.05) is 11.6 Å². The van der Waals surface area contributed by atoms with E-state index in [1.54, 1.807) is 7.11 Å². The van der Waals surface area contributed by atoms with Gasteiger partial charge in [-0.05, 0) is 35.7 Å². The van der Waals surface area contributed by atoms with Crippen LogP contribution < -0.4 is 14.8 Å². The minimum Gasteiger partial charge on any atom is -0.493 e. The van der Waals surface area contributed by atoms with Crippen LogP contribution in [0.2, 0.25) is 5.02 Å². The predicted molar refractivity (Wildman–Crippen MR) is 95.7 cm³/mol. The Hall–Kier alpha value is -2.71. The molecule has 0 aromatic heterocycles. The monoisotopic (exact) mass is 358 g/mol. The van der Waals surface area contributed by atoms with Crippen LogP contribution in [0.4, 0.5) is 0 Å². The van der Waals surface area contributed by atoms with Gasteiger partial charge in [-0.1, -0.05) is 35.9 Å². The van der Waals surface area contributed by atoms with Crippen LogP contribution in [-0.2, 0) is 17.8 Å². The molecule has 0 atom stereocenters. The Labute approximate surface area is 152 Å². The van der Waals surface area contributed by atoms with E-state index >= 15 is 0 Å². The van der Waals surface area contributed by atoms with Gasteiger partial charge in [0.1, 0.15) is 13.0 Å². The van der Waals surface area contributed by atoms with E-state index in [1.807, 2.05) is 48.5 Å². The third kappa shape index (κ3) is 5.70. The molecule has 2 aromatic carbocycles. The highest BCUT2D eigenvalue weighted by molar-refractivity contribution is 6.30. The molecular weight excluding hydrogens is 340 g/mol. The molecule has 6 heteroatoms. The number of para-hydroxylation sites is 1. The van der Waals surface area contributed by atoms with Crippen LogP contribution >= 0.6 is 11.6 Å². The molecule has 25 heavy (non-hydrogen) atoms. The Morgan fingerprint density at radius 1 is 1.28 bits per heavy atom. The van der Waals surface area contributed by atoms with Crippen molar-refractivity contribution in [2.45, 2.75) is 19.4 Å². The molecule has 1 N–H and O–H groups in total. The second-order valence-electron chi connectivity index (χ2n) is 5.30. The average Bonchev–Trinajstić information content (AvgIpc) is 2.60. The Bertz CT molecular complexity index is 772. The van der Waals surface area contributed by atoms with Crippen molar-refractivity contribution in [2.24, 2.45) is 0 Å². The van der Waals surface area contributed by atoms with Crippen molar-refractivity contribution in [3.8, 4) is 17.6 Å². The maximum Gasteiger partial charge on any atom is 0.234 e. The standard InChI is InChI=1S/C19H19ClN2O3/c1-24-17-7-3-5-15(9-11-22-18(23)8-10-21)19(17)25-13-14-4-2-6-16(20)12-14/h2-7,12H,8-9,11,13H2,1H3,(H,22,23). The minimum atomic E-state index is -0.285. The van der Waals surface area contributed by atoms with Crippen molar-refractivity contribution in [1.82, 2.24) is 5.32 Å². The van der Waals surface area contributed by atoms with Gasteiger partial charge < -0.3 is 14.8 Å². The molecule has 0 saturated carbocycles. The number of hydrogen-bond acceptors (Lipinski definition) is 4. The maximum atomic E-state index is 11.4. The summed E-state index contributed by atoms with van der Waals surface area (Å²) in [5.41, 5.74) is 1.87. The summed E-state index contributed by atoms with van der Waals surface area (Å²) in [5.74, 6) is 0.981. The van der Waals surface area contributed by atoms with Crippen LogP contribution in [0, 0.1) is 11.3 Å². The summed E-state index contributed by atoms with van der Waals surface area (Å²) in [6.45, 7) is 0.774. The lowest BCUT2D eigenvalue weighted by Crippen LogP contribution is -2.25.